The van der Waals surface area contributed by atoms with E-state index in [2.05, 4.69) is 10.3 Å². The minimum Gasteiger partial charge on any atom is -0.491 e. The number of anilines is 1. The monoisotopic (exact) mass is 444 g/mol. The van der Waals surface area contributed by atoms with E-state index >= 15 is 0 Å². The van der Waals surface area contributed by atoms with Crippen LogP contribution in [-0.2, 0) is 4.74 Å². The number of nitrogens with one attached hydrogen (secondary N) is 1. The molecule has 0 aromatic carbocycles. The van der Waals surface area contributed by atoms with Crippen LogP contribution in [-0.4, -0.2) is 40.1 Å². The van der Waals surface area contributed by atoms with Gasteiger partial charge in [0, 0.05) is 31.5 Å². The third kappa shape index (κ3) is 4.72. The molecule has 3 aromatic heterocycles. The van der Waals surface area contributed by atoms with Gasteiger partial charge in [-0.05, 0) is 38.3 Å². The SMILES string of the molecule is CCOc1cc2nc(C3CCCC(OC)C3)cn2cc1NC(=O)c1cccc(C(F)F)n1. The molecule has 32 heavy (non-hydrogen) atoms. The number of methoxy groups -OCH3 is 1. The van der Waals surface area contributed by atoms with Crippen LogP contribution >= 0.6 is 0 Å². The molecular formula is C23H26F2N4O3. The van der Waals surface area contributed by atoms with Gasteiger partial charge in [-0.15, -0.1) is 0 Å². The fourth-order valence-corrected chi connectivity index (χ4v) is 4.11. The van der Waals surface area contributed by atoms with Crippen molar-refractivity contribution >= 4 is 17.2 Å². The van der Waals surface area contributed by atoms with Crippen molar-refractivity contribution in [2.75, 3.05) is 19.0 Å². The van der Waals surface area contributed by atoms with Gasteiger partial charge in [0.15, 0.2) is 0 Å². The summed E-state index contributed by atoms with van der Waals surface area (Å²) in [5, 5.41) is 2.73. The van der Waals surface area contributed by atoms with Gasteiger partial charge in [-0.3, -0.25) is 4.79 Å². The zero-order valence-electron chi connectivity index (χ0n) is 18.1. The Labute approximate surface area is 184 Å². The molecule has 3 aromatic rings. The Morgan fingerprint density at radius 2 is 2.12 bits per heavy atom. The van der Waals surface area contributed by atoms with Crippen LogP contribution < -0.4 is 10.1 Å². The van der Waals surface area contributed by atoms with E-state index in [1.165, 1.54) is 18.2 Å². The summed E-state index contributed by atoms with van der Waals surface area (Å²) < 4.78 is 39.0. The maximum Gasteiger partial charge on any atom is 0.280 e. The molecule has 0 aliphatic heterocycles. The number of rotatable bonds is 7. The van der Waals surface area contributed by atoms with Gasteiger partial charge in [0.05, 0.1) is 18.4 Å². The smallest absolute Gasteiger partial charge is 0.280 e. The van der Waals surface area contributed by atoms with E-state index in [1.54, 1.807) is 19.4 Å². The highest BCUT2D eigenvalue weighted by atomic mass is 19.3. The summed E-state index contributed by atoms with van der Waals surface area (Å²) in [6.07, 6.45) is 5.30. The van der Waals surface area contributed by atoms with Crippen molar-refractivity contribution in [1.29, 1.82) is 0 Å². The first-order chi connectivity index (χ1) is 15.5. The first kappa shape index (κ1) is 22.1. The van der Waals surface area contributed by atoms with Crippen molar-refractivity contribution in [3.05, 3.63) is 53.7 Å². The molecule has 7 nitrogen and oxygen atoms in total. The van der Waals surface area contributed by atoms with Crippen molar-refractivity contribution < 1.29 is 23.0 Å². The highest BCUT2D eigenvalue weighted by Crippen LogP contribution is 2.35. The number of amides is 1. The molecule has 3 heterocycles. The van der Waals surface area contributed by atoms with Crippen LogP contribution in [0.25, 0.3) is 5.65 Å². The van der Waals surface area contributed by atoms with Gasteiger partial charge in [0.1, 0.15) is 28.5 Å². The summed E-state index contributed by atoms with van der Waals surface area (Å²) in [6, 6.07) is 5.73. The lowest BCUT2D eigenvalue weighted by Gasteiger charge is -2.26. The van der Waals surface area contributed by atoms with Gasteiger partial charge in [0.25, 0.3) is 12.3 Å². The molecule has 2 atom stereocenters. The predicted octanol–water partition coefficient (Wildman–Crippen LogP) is 4.99. The number of aromatic nitrogens is 3. The van der Waals surface area contributed by atoms with Gasteiger partial charge in [-0.1, -0.05) is 12.5 Å². The molecule has 1 amide bonds. The van der Waals surface area contributed by atoms with E-state index in [1.807, 2.05) is 17.5 Å². The molecule has 1 aliphatic carbocycles. The van der Waals surface area contributed by atoms with Crippen LogP contribution in [0.5, 0.6) is 5.75 Å². The van der Waals surface area contributed by atoms with Crippen LogP contribution in [0.3, 0.4) is 0 Å². The van der Waals surface area contributed by atoms with E-state index in [0.717, 1.165) is 31.4 Å². The Morgan fingerprint density at radius 3 is 2.88 bits per heavy atom. The van der Waals surface area contributed by atoms with Crippen molar-refractivity contribution in [3.63, 3.8) is 0 Å². The number of hydrogen-bond donors (Lipinski definition) is 1. The summed E-state index contributed by atoms with van der Waals surface area (Å²) in [5.74, 6) is 0.167. The standard InChI is InChI=1S/C23H26F2N4O3/c1-3-32-20-11-21-27-18(14-6-4-7-15(10-14)31-2)12-29(21)13-19(20)28-23(30)17-9-5-8-16(26-17)22(24)25/h5,8-9,11-15,22H,3-4,6-7,10H2,1-2H3,(H,28,30). The summed E-state index contributed by atoms with van der Waals surface area (Å²) in [5.41, 5.74) is 1.56. The molecule has 0 saturated heterocycles. The second kappa shape index (κ2) is 9.60. The number of carbonyl (C=O) groups excluding carboxylic acids is 1. The number of carbonyl (C=O) groups is 1. The van der Waals surface area contributed by atoms with Crippen LogP contribution in [0.4, 0.5) is 14.5 Å². The lowest BCUT2D eigenvalue weighted by molar-refractivity contribution is 0.0630. The molecular weight excluding hydrogens is 418 g/mol. The first-order valence-electron chi connectivity index (χ1n) is 10.7. The van der Waals surface area contributed by atoms with E-state index in [4.69, 9.17) is 14.5 Å². The lowest BCUT2D eigenvalue weighted by atomic mass is 9.85. The Balaban J connectivity index is 1.62. The molecule has 9 heteroatoms. The molecule has 1 aliphatic rings. The first-order valence-corrected chi connectivity index (χ1v) is 10.7. The number of nitrogens with zero attached hydrogens (tertiary/aromatic N) is 3. The number of ether oxygens (including phenoxy) is 2. The van der Waals surface area contributed by atoms with Crippen LogP contribution in [0.15, 0.2) is 36.7 Å². The summed E-state index contributed by atoms with van der Waals surface area (Å²) in [4.78, 5) is 21.2. The van der Waals surface area contributed by atoms with Crippen molar-refractivity contribution in [1.82, 2.24) is 14.4 Å². The zero-order chi connectivity index (χ0) is 22.7. The van der Waals surface area contributed by atoms with E-state index in [9.17, 15) is 13.6 Å². The number of halogens is 2. The second-order valence-corrected chi connectivity index (χ2v) is 7.84. The average Bonchev–Trinajstić information content (AvgIpc) is 3.22. The molecule has 170 valence electrons. The van der Waals surface area contributed by atoms with Crippen LogP contribution in [0.2, 0.25) is 0 Å². The van der Waals surface area contributed by atoms with Gasteiger partial charge >= 0.3 is 0 Å². The maximum atomic E-state index is 12.9. The maximum absolute atomic E-state index is 12.9. The molecule has 1 saturated carbocycles. The summed E-state index contributed by atoms with van der Waals surface area (Å²) in [7, 11) is 1.74. The van der Waals surface area contributed by atoms with Crippen LogP contribution in [0, 0.1) is 0 Å². The topological polar surface area (TPSA) is 77.8 Å². The van der Waals surface area contributed by atoms with Gasteiger partial charge in [-0.25, -0.2) is 18.7 Å². The van der Waals surface area contributed by atoms with E-state index in [-0.39, 0.29) is 11.8 Å². The minimum absolute atomic E-state index is 0.0931. The molecule has 0 bridgehead atoms. The highest BCUT2D eigenvalue weighted by molar-refractivity contribution is 6.03. The zero-order valence-corrected chi connectivity index (χ0v) is 18.1. The number of fused-ring (bicyclic) bond motifs is 1. The number of alkyl halides is 2. The van der Waals surface area contributed by atoms with Crippen molar-refractivity contribution in [3.8, 4) is 5.75 Å². The minimum atomic E-state index is -2.75. The number of imidazole rings is 1. The van der Waals surface area contributed by atoms with E-state index in [0.29, 0.717) is 29.6 Å². The third-order valence-corrected chi connectivity index (χ3v) is 5.73. The predicted molar refractivity (Wildman–Crippen MR) is 116 cm³/mol. The Bertz CT molecular complexity index is 1100. The van der Waals surface area contributed by atoms with Gasteiger partial charge in [0.2, 0.25) is 0 Å². The fraction of sp³-hybridized carbons (Fsp3) is 0.435. The Kier molecular flexibility index (Phi) is 6.64. The normalized spacial score (nSPS) is 18.8. The Hall–Kier alpha value is -3.07. The number of pyridine rings is 2. The Morgan fingerprint density at radius 1 is 1.28 bits per heavy atom. The van der Waals surface area contributed by atoms with Crippen molar-refractivity contribution in [2.24, 2.45) is 0 Å². The van der Waals surface area contributed by atoms with Gasteiger partial charge in [-0.2, -0.15) is 0 Å². The van der Waals surface area contributed by atoms with E-state index < -0.39 is 18.0 Å². The van der Waals surface area contributed by atoms with Crippen LogP contribution in [0.1, 0.15) is 66.8 Å². The largest absolute Gasteiger partial charge is 0.491 e. The molecule has 0 spiro atoms. The lowest BCUT2D eigenvalue weighted by Crippen LogP contribution is -2.20. The summed E-state index contributed by atoms with van der Waals surface area (Å²) in [6.45, 7) is 2.23. The number of hydrogen-bond acceptors (Lipinski definition) is 5. The highest BCUT2D eigenvalue weighted by Gasteiger charge is 2.25. The average molecular weight is 444 g/mol. The fourth-order valence-electron chi connectivity index (χ4n) is 4.11. The second-order valence-electron chi connectivity index (χ2n) is 7.84. The molecule has 0 radical (unpaired) electrons. The van der Waals surface area contributed by atoms with Crippen molar-refractivity contribution in [2.45, 2.75) is 51.1 Å². The molecule has 2 unspecified atom stereocenters. The summed E-state index contributed by atoms with van der Waals surface area (Å²) >= 11 is 0. The van der Waals surface area contributed by atoms with Gasteiger partial charge < -0.3 is 19.2 Å². The molecule has 1 N–H and O–H groups in total. The quantitative estimate of drug-likeness (QED) is 0.556. The molecule has 1 fully saturated rings. The third-order valence-electron chi connectivity index (χ3n) is 5.73. The molecule has 4 rings (SSSR count).